The van der Waals surface area contributed by atoms with E-state index in [4.69, 9.17) is 10.1 Å². The van der Waals surface area contributed by atoms with E-state index in [9.17, 15) is 0 Å². The van der Waals surface area contributed by atoms with Crippen LogP contribution in [0.15, 0.2) is 0 Å². The summed E-state index contributed by atoms with van der Waals surface area (Å²) in [5, 5.41) is 0.991. The van der Waals surface area contributed by atoms with Crippen LogP contribution in [-0.2, 0) is 14.0 Å². The van der Waals surface area contributed by atoms with Gasteiger partial charge in [-0.3, -0.25) is 0 Å². The van der Waals surface area contributed by atoms with E-state index in [1.54, 1.807) is 0 Å². The molecule has 0 fully saturated rings. The Balaban J connectivity index is 1.97. The van der Waals surface area contributed by atoms with Gasteiger partial charge in [0, 0.05) is 0 Å². The molecule has 0 bridgehead atoms. The first kappa shape index (κ1) is 4.81. The Morgan fingerprint density at radius 3 is 2.25 bits per heavy atom. The van der Waals surface area contributed by atoms with Gasteiger partial charge in [-0.25, -0.2) is 0 Å². The van der Waals surface area contributed by atoms with Crippen molar-refractivity contribution in [3.05, 3.63) is 0 Å². The average Bonchev–Trinajstić information content (AvgIpc) is 1.37. The maximum atomic E-state index is 5.09. The van der Waals surface area contributed by atoms with Crippen molar-refractivity contribution in [1.29, 1.82) is 0 Å². The molecule has 0 atom stereocenters. The van der Waals surface area contributed by atoms with Crippen molar-refractivity contribution < 1.29 is 14.0 Å². The Bertz CT molecular complexity index is 8.00. The summed E-state index contributed by atoms with van der Waals surface area (Å²) in [7, 11) is 5.09. The van der Waals surface area contributed by atoms with E-state index < -0.39 is 0 Å². The molecule has 0 rings (SSSR count). The molecule has 31 valence electrons. The molecule has 0 aliphatic heterocycles. The summed E-state index contributed by atoms with van der Waals surface area (Å²) >= 11 is 1.40. The van der Waals surface area contributed by atoms with Crippen LogP contribution in [0.3, 0.4) is 0 Å². The minimum atomic E-state index is 0.991. The molecular formula is C2H5ClCu. The van der Waals surface area contributed by atoms with Crippen LogP contribution in [0.5, 0.6) is 0 Å². The fraction of sp³-hybridized carbons (Fsp3) is 1.00. The molecule has 0 aliphatic rings. The fourth-order valence-electron chi connectivity index (χ4n) is 0. The zero-order valence-corrected chi connectivity index (χ0v) is 4.08. The van der Waals surface area contributed by atoms with Gasteiger partial charge in [0.1, 0.15) is 0 Å². The molecule has 0 aromatic rings. The summed E-state index contributed by atoms with van der Waals surface area (Å²) in [5.41, 5.74) is 0. The van der Waals surface area contributed by atoms with Crippen molar-refractivity contribution in [1.82, 2.24) is 0 Å². The van der Waals surface area contributed by atoms with Crippen LogP contribution >= 0.6 is 10.1 Å². The molecule has 0 unspecified atom stereocenters. The minimum absolute atomic E-state index is 0.991. The van der Waals surface area contributed by atoms with Gasteiger partial charge in [-0.05, 0) is 0 Å². The van der Waals surface area contributed by atoms with E-state index in [1.165, 1.54) is 14.0 Å². The average molecular weight is 128 g/mol. The first-order chi connectivity index (χ1) is 1.91. The van der Waals surface area contributed by atoms with E-state index in [2.05, 4.69) is 0 Å². The van der Waals surface area contributed by atoms with Gasteiger partial charge in [-0.2, -0.15) is 0 Å². The number of hydrogen-bond donors (Lipinski definition) is 0. The van der Waals surface area contributed by atoms with Gasteiger partial charge in [0.2, 0.25) is 0 Å². The molecule has 0 radical (unpaired) electrons. The van der Waals surface area contributed by atoms with Gasteiger partial charge < -0.3 is 0 Å². The summed E-state index contributed by atoms with van der Waals surface area (Å²) in [4.78, 5) is 0. The Labute approximate surface area is 36.9 Å². The normalized spacial score (nSPS) is 8.50. The molecule has 0 heterocycles. The maximum absolute atomic E-state index is 5.09. The molecule has 0 saturated carbocycles. The van der Waals surface area contributed by atoms with E-state index in [-0.39, 0.29) is 0 Å². The van der Waals surface area contributed by atoms with Crippen molar-refractivity contribution in [2.24, 2.45) is 0 Å². The predicted octanol–water partition coefficient (Wildman–Crippen LogP) is 1.66. The van der Waals surface area contributed by atoms with Crippen molar-refractivity contribution >= 4 is 10.1 Å². The Morgan fingerprint density at radius 1 is 2.00 bits per heavy atom. The van der Waals surface area contributed by atoms with Gasteiger partial charge in [0.15, 0.2) is 0 Å². The van der Waals surface area contributed by atoms with Gasteiger partial charge in [-0.1, -0.05) is 0 Å². The Kier molecular flexibility index (Phi) is 4.58. The summed E-state index contributed by atoms with van der Waals surface area (Å²) in [6, 6.07) is 0. The first-order valence-corrected chi connectivity index (χ1v) is 3.00. The van der Waals surface area contributed by atoms with Gasteiger partial charge in [0.25, 0.3) is 0 Å². The predicted molar refractivity (Wildman–Crippen MR) is 16.3 cm³/mol. The Morgan fingerprint density at radius 2 is 2.25 bits per heavy atom. The molecule has 4 heavy (non-hydrogen) atoms. The monoisotopic (exact) mass is 127 g/mol. The topological polar surface area (TPSA) is 0 Å². The molecule has 0 saturated heterocycles. The Hall–Kier alpha value is 0.809. The third-order valence-electron chi connectivity index (χ3n) is 0.0806. The third kappa shape index (κ3) is 2.81. The van der Waals surface area contributed by atoms with Crippen molar-refractivity contribution in [3.63, 3.8) is 0 Å². The SMILES string of the molecule is C[CH2][Cu][Cl]. The molecule has 0 N–H and O–H groups in total. The van der Waals surface area contributed by atoms with E-state index in [0.29, 0.717) is 0 Å². The van der Waals surface area contributed by atoms with Crippen LogP contribution < -0.4 is 0 Å². The van der Waals surface area contributed by atoms with Crippen molar-refractivity contribution in [3.8, 4) is 0 Å². The second-order valence-corrected chi connectivity index (χ2v) is 1.88. The molecule has 0 amide bonds. The van der Waals surface area contributed by atoms with Crippen LogP contribution in [0, 0.1) is 0 Å². The summed E-state index contributed by atoms with van der Waals surface area (Å²) in [6.07, 6.45) is 0. The quantitative estimate of drug-likeness (QED) is 0.471. The molecular weight excluding hydrogens is 123 g/mol. The zero-order valence-electron chi connectivity index (χ0n) is 2.39. The standard InChI is InChI=1S/C2H5.ClH.Cu/c1-2;;/h1H2,2H3;1H;/q;;+1/p-1. The van der Waals surface area contributed by atoms with E-state index in [1.807, 2.05) is 6.92 Å². The van der Waals surface area contributed by atoms with E-state index in [0.717, 1.165) is 5.32 Å². The summed E-state index contributed by atoms with van der Waals surface area (Å²) in [6.45, 7) is 2.01. The number of rotatable bonds is 1. The summed E-state index contributed by atoms with van der Waals surface area (Å²) in [5.74, 6) is 0. The second-order valence-electron chi connectivity index (χ2n) is 0.294. The van der Waals surface area contributed by atoms with Crippen molar-refractivity contribution in [2.75, 3.05) is 0 Å². The molecule has 0 nitrogen and oxygen atoms in total. The van der Waals surface area contributed by atoms with E-state index >= 15 is 0 Å². The molecule has 0 aliphatic carbocycles. The van der Waals surface area contributed by atoms with Crippen molar-refractivity contribution in [2.45, 2.75) is 12.2 Å². The first-order valence-electron chi connectivity index (χ1n) is 1.03. The molecule has 0 spiro atoms. The third-order valence-corrected chi connectivity index (χ3v) is 0.997. The molecule has 2 heteroatoms. The van der Waals surface area contributed by atoms with Gasteiger partial charge in [0.05, 0.1) is 0 Å². The van der Waals surface area contributed by atoms with Crippen LogP contribution in [0.25, 0.3) is 0 Å². The van der Waals surface area contributed by atoms with Crippen LogP contribution in [0.2, 0.25) is 5.32 Å². The van der Waals surface area contributed by atoms with Crippen LogP contribution in [-0.4, -0.2) is 0 Å². The summed E-state index contributed by atoms with van der Waals surface area (Å²) < 4.78 is 0. The van der Waals surface area contributed by atoms with Crippen LogP contribution in [0.1, 0.15) is 6.92 Å². The van der Waals surface area contributed by atoms with Crippen LogP contribution in [0.4, 0.5) is 0 Å². The second kappa shape index (κ2) is 3.81. The zero-order chi connectivity index (χ0) is 3.41. The number of hydrogen-bond acceptors (Lipinski definition) is 0. The fourth-order valence-corrected chi connectivity index (χ4v) is 0. The number of halogens is 1. The van der Waals surface area contributed by atoms with Gasteiger partial charge >= 0.3 is 36.4 Å². The van der Waals surface area contributed by atoms with Gasteiger partial charge in [-0.15, -0.1) is 0 Å². The molecule has 0 aromatic carbocycles. The molecule has 0 aromatic heterocycles.